The fraction of sp³-hybridized carbons (Fsp3) is 0. The molecule has 0 bridgehead atoms. The summed E-state index contributed by atoms with van der Waals surface area (Å²) in [5.41, 5.74) is 1.65. The summed E-state index contributed by atoms with van der Waals surface area (Å²) in [4.78, 5) is 29.3. The van der Waals surface area contributed by atoms with Gasteiger partial charge in [0.2, 0.25) is 5.95 Å². The molecule has 0 spiro atoms. The average molecular weight is 481 g/mol. The number of halogens is 2. The van der Waals surface area contributed by atoms with Gasteiger partial charge in [0.15, 0.2) is 11.5 Å². The third kappa shape index (κ3) is 3.27. The van der Waals surface area contributed by atoms with Crippen molar-refractivity contribution in [3.8, 4) is 11.4 Å². The highest BCUT2D eigenvalue weighted by molar-refractivity contribution is 9.10. The maximum Gasteiger partial charge on any atom is 0.295 e. The summed E-state index contributed by atoms with van der Waals surface area (Å²) in [6.45, 7) is 0. The number of hydrogen-bond donors (Lipinski definition) is 1. The van der Waals surface area contributed by atoms with E-state index in [1.54, 1.807) is 10.6 Å². The fourth-order valence-electron chi connectivity index (χ4n) is 3.01. The van der Waals surface area contributed by atoms with Crippen molar-refractivity contribution in [1.29, 1.82) is 0 Å². The molecule has 30 heavy (non-hydrogen) atoms. The number of nitrogens with one attached hydrogen (secondary N) is 1. The number of para-hydroxylation sites is 1. The standard InChI is InChI=1S/C20H11BrClN7O/c21-11-5-6-12(14(22)9-11)17-27-18-13-3-1-2-4-15(13)25-20(29(18)28-17)26-16-10-23-7-8-24-19(16)30/h1-10H,(H,24,25,26,30). The third-order valence-electron chi connectivity index (χ3n) is 4.38. The summed E-state index contributed by atoms with van der Waals surface area (Å²) < 4.78 is 2.40. The molecule has 0 saturated heterocycles. The van der Waals surface area contributed by atoms with Gasteiger partial charge in [0.1, 0.15) is 5.69 Å². The number of fused-ring (bicyclic) bond motifs is 3. The smallest absolute Gasteiger partial charge is 0.295 e. The lowest BCUT2D eigenvalue weighted by atomic mass is 10.2. The van der Waals surface area contributed by atoms with Gasteiger partial charge in [0.05, 0.1) is 16.7 Å². The van der Waals surface area contributed by atoms with Crippen LogP contribution in [0.5, 0.6) is 0 Å². The summed E-state index contributed by atoms with van der Waals surface area (Å²) in [6.07, 6.45) is 4.15. The van der Waals surface area contributed by atoms with E-state index < -0.39 is 5.56 Å². The highest BCUT2D eigenvalue weighted by Gasteiger charge is 2.17. The predicted octanol–water partition coefficient (Wildman–Crippen LogP) is 4.25. The molecule has 0 aliphatic heterocycles. The molecule has 5 aromatic rings. The molecular formula is C20H11BrClN7O. The van der Waals surface area contributed by atoms with E-state index in [1.807, 2.05) is 36.4 Å². The zero-order valence-corrected chi connectivity index (χ0v) is 17.5. The van der Waals surface area contributed by atoms with Crippen LogP contribution in [-0.4, -0.2) is 29.5 Å². The van der Waals surface area contributed by atoms with Crippen molar-refractivity contribution >= 4 is 55.7 Å². The van der Waals surface area contributed by atoms with Crippen molar-refractivity contribution in [2.24, 2.45) is 0 Å². The Morgan fingerprint density at radius 2 is 1.93 bits per heavy atom. The first kappa shape index (κ1) is 18.6. The highest BCUT2D eigenvalue weighted by atomic mass is 79.9. The summed E-state index contributed by atoms with van der Waals surface area (Å²) in [6, 6.07) is 13.0. The summed E-state index contributed by atoms with van der Waals surface area (Å²) in [5.74, 6) is 0.744. The molecule has 0 unspecified atom stereocenters. The number of nitrogens with zero attached hydrogens (tertiary/aromatic N) is 6. The lowest BCUT2D eigenvalue weighted by Crippen LogP contribution is -2.11. The molecule has 10 heteroatoms. The van der Waals surface area contributed by atoms with Crippen molar-refractivity contribution in [2.45, 2.75) is 0 Å². The summed E-state index contributed by atoms with van der Waals surface area (Å²) in [7, 11) is 0. The number of hydrogen-bond acceptors (Lipinski definition) is 7. The van der Waals surface area contributed by atoms with Crippen molar-refractivity contribution in [3.63, 3.8) is 0 Å². The van der Waals surface area contributed by atoms with E-state index in [0.717, 1.165) is 9.86 Å². The Morgan fingerprint density at radius 1 is 1.07 bits per heavy atom. The SMILES string of the molecule is O=c1nccncc1Nc1nc2ccccc2c2nc(-c3ccc(Br)cc3Cl)nn12. The lowest BCUT2D eigenvalue weighted by Gasteiger charge is -2.07. The molecule has 3 aromatic heterocycles. The first-order valence-electron chi connectivity index (χ1n) is 8.78. The number of rotatable bonds is 3. The molecule has 0 aliphatic carbocycles. The second-order valence-corrected chi connectivity index (χ2v) is 7.62. The van der Waals surface area contributed by atoms with Gasteiger partial charge in [0, 0.05) is 27.8 Å². The number of benzene rings is 2. The van der Waals surface area contributed by atoms with Crippen LogP contribution in [0.4, 0.5) is 11.6 Å². The molecule has 0 atom stereocenters. The van der Waals surface area contributed by atoms with Gasteiger partial charge >= 0.3 is 0 Å². The van der Waals surface area contributed by atoms with Crippen LogP contribution in [0, 0.1) is 0 Å². The Labute approximate surface area is 182 Å². The molecule has 0 radical (unpaired) electrons. The minimum Gasteiger partial charge on any atom is -0.318 e. The average Bonchev–Trinajstić information content (AvgIpc) is 3.08. The monoisotopic (exact) mass is 479 g/mol. The topological polar surface area (TPSA) is 98.0 Å². The van der Waals surface area contributed by atoms with Crippen molar-refractivity contribution in [2.75, 3.05) is 5.32 Å². The van der Waals surface area contributed by atoms with Crippen molar-refractivity contribution in [1.82, 2.24) is 29.5 Å². The van der Waals surface area contributed by atoms with Gasteiger partial charge in [-0.15, -0.1) is 5.10 Å². The summed E-state index contributed by atoms with van der Waals surface area (Å²) in [5, 5.41) is 8.91. The maximum atomic E-state index is 12.2. The first-order chi connectivity index (χ1) is 14.6. The van der Waals surface area contributed by atoms with Gasteiger partial charge in [-0.3, -0.25) is 9.78 Å². The summed E-state index contributed by atoms with van der Waals surface area (Å²) >= 11 is 9.81. The maximum absolute atomic E-state index is 12.2. The van der Waals surface area contributed by atoms with Crippen LogP contribution < -0.4 is 10.9 Å². The minimum atomic E-state index is -0.466. The quantitative estimate of drug-likeness (QED) is 0.412. The highest BCUT2D eigenvalue weighted by Crippen LogP contribution is 2.30. The molecule has 3 heterocycles. The van der Waals surface area contributed by atoms with Crippen molar-refractivity contribution in [3.05, 3.63) is 80.9 Å². The molecule has 0 aliphatic rings. The van der Waals surface area contributed by atoms with Gasteiger partial charge in [-0.2, -0.15) is 4.52 Å². The Morgan fingerprint density at radius 3 is 2.80 bits per heavy atom. The lowest BCUT2D eigenvalue weighted by molar-refractivity contribution is 0.947. The fourth-order valence-corrected chi connectivity index (χ4v) is 3.77. The van der Waals surface area contributed by atoms with E-state index in [9.17, 15) is 4.79 Å². The van der Waals surface area contributed by atoms with E-state index in [2.05, 4.69) is 41.3 Å². The van der Waals surface area contributed by atoms with Crippen LogP contribution in [0.15, 0.2) is 70.3 Å². The second-order valence-electron chi connectivity index (χ2n) is 6.30. The van der Waals surface area contributed by atoms with Crippen LogP contribution in [0.25, 0.3) is 27.9 Å². The van der Waals surface area contributed by atoms with Gasteiger partial charge in [0.25, 0.3) is 5.56 Å². The first-order valence-corrected chi connectivity index (χ1v) is 9.95. The molecule has 0 saturated carbocycles. The molecule has 146 valence electrons. The number of anilines is 2. The molecule has 5 rings (SSSR count). The van der Waals surface area contributed by atoms with E-state index in [4.69, 9.17) is 16.6 Å². The second kappa shape index (κ2) is 7.43. The van der Waals surface area contributed by atoms with Crippen LogP contribution in [-0.2, 0) is 0 Å². The Balaban J connectivity index is 1.76. The van der Waals surface area contributed by atoms with Crippen LogP contribution in [0.1, 0.15) is 0 Å². The van der Waals surface area contributed by atoms with Crippen LogP contribution in [0.2, 0.25) is 5.02 Å². The van der Waals surface area contributed by atoms with Gasteiger partial charge in [-0.1, -0.05) is 39.7 Å². The Kier molecular flexibility index (Phi) is 4.61. The zero-order chi connectivity index (χ0) is 20.7. The van der Waals surface area contributed by atoms with Gasteiger partial charge in [-0.05, 0) is 30.3 Å². The Hall–Kier alpha value is -3.43. The predicted molar refractivity (Wildman–Crippen MR) is 118 cm³/mol. The molecule has 0 amide bonds. The van der Waals surface area contributed by atoms with E-state index in [1.165, 1.54) is 18.6 Å². The minimum absolute atomic E-state index is 0.169. The van der Waals surface area contributed by atoms with Crippen LogP contribution >= 0.6 is 27.5 Å². The molecule has 8 nitrogen and oxygen atoms in total. The van der Waals surface area contributed by atoms with Crippen molar-refractivity contribution < 1.29 is 0 Å². The zero-order valence-electron chi connectivity index (χ0n) is 15.1. The molecule has 2 aromatic carbocycles. The molecule has 1 N–H and O–H groups in total. The third-order valence-corrected chi connectivity index (χ3v) is 5.18. The molecule has 0 fully saturated rings. The van der Waals surface area contributed by atoms with Gasteiger partial charge < -0.3 is 5.32 Å². The Bertz CT molecular complexity index is 1490. The van der Waals surface area contributed by atoms with Crippen LogP contribution in [0.3, 0.4) is 0 Å². The molecular weight excluding hydrogens is 470 g/mol. The van der Waals surface area contributed by atoms with E-state index in [0.29, 0.717) is 33.5 Å². The normalized spacial score (nSPS) is 11.1. The number of aromatic nitrogens is 6. The van der Waals surface area contributed by atoms with E-state index >= 15 is 0 Å². The van der Waals surface area contributed by atoms with Gasteiger partial charge in [-0.25, -0.2) is 15.0 Å². The largest absolute Gasteiger partial charge is 0.318 e. The van der Waals surface area contributed by atoms with E-state index in [-0.39, 0.29) is 5.69 Å².